The van der Waals surface area contributed by atoms with Crippen molar-refractivity contribution in [3.8, 4) is 22.2 Å². The van der Waals surface area contributed by atoms with Crippen LogP contribution in [0, 0.1) is 6.92 Å². The predicted molar refractivity (Wildman–Crippen MR) is 75.3 cm³/mol. The highest BCUT2D eigenvalue weighted by molar-refractivity contribution is 7.09. The summed E-state index contributed by atoms with van der Waals surface area (Å²) in [7, 11) is 0. The maximum atomic E-state index is 5.69. The minimum atomic E-state index is 0.674. The maximum Gasteiger partial charge on any atom is 0.163 e. The van der Waals surface area contributed by atoms with E-state index in [0.29, 0.717) is 13.2 Å². The lowest BCUT2D eigenvalue weighted by Crippen LogP contribution is -1.97. The molecule has 4 rings (SSSR count). The van der Waals surface area contributed by atoms with Crippen molar-refractivity contribution in [1.29, 1.82) is 0 Å². The zero-order chi connectivity index (χ0) is 13.5. The number of benzene rings is 1. The third-order valence-electron chi connectivity index (χ3n) is 3.22. The summed E-state index contributed by atoms with van der Waals surface area (Å²) in [6.07, 6.45) is 0.896. The molecule has 2 aromatic heterocycles. The maximum absolute atomic E-state index is 5.69. The van der Waals surface area contributed by atoms with Crippen molar-refractivity contribution >= 4 is 22.6 Å². The fourth-order valence-corrected chi connectivity index (χ4v) is 2.82. The van der Waals surface area contributed by atoms with E-state index in [-0.39, 0.29) is 0 Å². The first kappa shape index (κ1) is 11.7. The van der Waals surface area contributed by atoms with Gasteiger partial charge in [0.15, 0.2) is 17.3 Å². The van der Waals surface area contributed by atoms with E-state index in [4.69, 9.17) is 9.47 Å². The van der Waals surface area contributed by atoms with E-state index < -0.39 is 0 Å². The van der Waals surface area contributed by atoms with Gasteiger partial charge < -0.3 is 14.5 Å². The van der Waals surface area contributed by atoms with Gasteiger partial charge in [0.25, 0.3) is 0 Å². The topological polar surface area (TPSA) is 72.9 Å². The molecule has 1 aliphatic rings. The highest BCUT2D eigenvalue weighted by Crippen LogP contribution is 2.35. The summed E-state index contributed by atoms with van der Waals surface area (Å²) in [5, 5.41) is 4.01. The lowest BCUT2D eigenvalue weighted by molar-refractivity contribution is 0.297. The van der Waals surface area contributed by atoms with Gasteiger partial charge in [0.1, 0.15) is 4.88 Å². The molecule has 7 heteroatoms. The first-order chi connectivity index (χ1) is 9.81. The molecular formula is C13H12N4O2S. The molecule has 102 valence electrons. The molecule has 1 aromatic carbocycles. The van der Waals surface area contributed by atoms with E-state index >= 15 is 0 Å². The first-order valence-corrected chi connectivity index (χ1v) is 7.17. The Labute approximate surface area is 118 Å². The van der Waals surface area contributed by atoms with Crippen molar-refractivity contribution < 1.29 is 9.47 Å². The van der Waals surface area contributed by atoms with Gasteiger partial charge in [-0.3, -0.25) is 0 Å². The van der Waals surface area contributed by atoms with Gasteiger partial charge in [-0.2, -0.15) is 0 Å². The lowest BCUT2D eigenvalue weighted by atomic mass is 10.3. The standard InChI is InChI=1S/C13H12N4O2S/c1-7-12(20-17-16-7)13-14-8-5-10-11(6-9(8)15-13)19-4-2-3-18-10/h5-6H,2-4H2,1H3,(H,14,15). The Morgan fingerprint density at radius 2 is 2.00 bits per heavy atom. The average molecular weight is 288 g/mol. The molecule has 0 aliphatic carbocycles. The molecule has 0 bridgehead atoms. The number of rotatable bonds is 1. The number of nitrogens with one attached hydrogen (secondary N) is 1. The number of aromatic amines is 1. The minimum Gasteiger partial charge on any atom is -0.489 e. The Morgan fingerprint density at radius 1 is 1.20 bits per heavy atom. The third kappa shape index (κ3) is 1.82. The van der Waals surface area contributed by atoms with Crippen LogP contribution in [0.1, 0.15) is 12.1 Å². The number of imidazole rings is 1. The van der Waals surface area contributed by atoms with E-state index in [9.17, 15) is 0 Å². The van der Waals surface area contributed by atoms with Crippen molar-refractivity contribution in [2.75, 3.05) is 13.2 Å². The van der Waals surface area contributed by atoms with Crippen LogP contribution in [0.5, 0.6) is 11.5 Å². The van der Waals surface area contributed by atoms with Gasteiger partial charge in [0, 0.05) is 18.6 Å². The van der Waals surface area contributed by atoms with E-state index in [0.717, 1.165) is 45.3 Å². The van der Waals surface area contributed by atoms with Crippen LogP contribution >= 0.6 is 11.5 Å². The predicted octanol–water partition coefficient (Wildman–Crippen LogP) is 2.55. The van der Waals surface area contributed by atoms with Crippen LogP contribution < -0.4 is 9.47 Å². The SMILES string of the molecule is Cc1nnsc1-c1nc2cc3c(cc2[nH]1)OCCCO3. The summed E-state index contributed by atoms with van der Waals surface area (Å²) in [5.74, 6) is 2.31. The fraction of sp³-hybridized carbons (Fsp3) is 0.308. The van der Waals surface area contributed by atoms with E-state index in [2.05, 4.69) is 19.6 Å². The van der Waals surface area contributed by atoms with Crippen LogP contribution in [-0.2, 0) is 0 Å². The van der Waals surface area contributed by atoms with Crippen LogP contribution in [0.3, 0.4) is 0 Å². The van der Waals surface area contributed by atoms with Crippen LogP contribution in [-0.4, -0.2) is 32.8 Å². The van der Waals surface area contributed by atoms with Crippen molar-refractivity contribution in [2.24, 2.45) is 0 Å². The van der Waals surface area contributed by atoms with Gasteiger partial charge in [-0.1, -0.05) is 4.49 Å². The number of H-pyrrole nitrogens is 1. The number of hydrogen-bond acceptors (Lipinski definition) is 6. The molecule has 0 saturated heterocycles. The fourth-order valence-electron chi connectivity index (χ4n) is 2.22. The highest BCUT2D eigenvalue weighted by Gasteiger charge is 2.16. The quantitative estimate of drug-likeness (QED) is 0.745. The van der Waals surface area contributed by atoms with Crippen molar-refractivity contribution in [3.05, 3.63) is 17.8 Å². The summed E-state index contributed by atoms with van der Waals surface area (Å²) in [6.45, 7) is 3.28. The van der Waals surface area contributed by atoms with Crippen LogP contribution in [0.4, 0.5) is 0 Å². The number of aromatic nitrogens is 4. The molecule has 3 aromatic rings. The number of nitrogens with zero attached hydrogens (tertiary/aromatic N) is 3. The van der Waals surface area contributed by atoms with E-state index in [1.54, 1.807) is 0 Å². The molecule has 0 fully saturated rings. The number of hydrogen-bond donors (Lipinski definition) is 1. The third-order valence-corrected chi connectivity index (χ3v) is 4.05. The minimum absolute atomic E-state index is 0.674. The molecule has 0 amide bonds. The summed E-state index contributed by atoms with van der Waals surface area (Å²) in [4.78, 5) is 8.84. The summed E-state index contributed by atoms with van der Waals surface area (Å²) >= 11 is 1.34. The number of fused-ring (bicyclic) bond motifs is 2. The number of ether oxygens (including phenoxy) is 2. The Bertz CT molecular complexity index is 737. The number of aryl methyl sites for hydroxylation is 1. The first-order valence-electron chi connectivity index (χ1n) is 6.40. The summed E-state index contributed by atoms with van der Waals surface area (Å²) < 4.78 is 15.3. The monoisotopic (exact) mass is 288 g/mol. The van der Waals surface area contributed by atoms with Gasteiger partial charge in [-0.15, -0.1) is 5.10 Å². The smallest absolute Gasteiger partial charge is 0.163 e. The molecular weight excluding hydrogens is 276 g/mol. The molecule has 1 aliphatic heterocycles. The van der Waals surface area contributed by atoms with Gasteiger partial charge >= 0.3 is 0 Å². The normalized spacial score (nSPS) is 14.4. The Kier molecular flexibility index (Phi) is 2.59. The van der Waals surface area contributed by atoms with E-state index in [1.807, 2.05) is 19.1 Å². The molecule has 1 N–H and O–H groups in total. The molecule has 0 spiro atoms. The van der Waals surface area contributed by atoms with Crippen molar-refractivity contribution in [3.63, 3.8) is 0 Å². The second-order valence-electron chi connectivity index (χ2n) is 4.64. The zero-order valence-corrected chi connectivity index (χ0v) is 11.7. The molecule has 6 nitrogen and oxygen atoms in total. The molecule has 0 unspecified atom stereocenters. The average Bonchev–Trinajstić information content (AvgIpc) is 2.96. The highest BCUT2D eigenvalue weighted by atomic mass is 32.1. The van der Waals surface area contributed by atoms with Gasteiger partial charge in [-0.25, -0.2) is 4.98 Å². The zero-order valence-electron chi connectivity index (χ0n) is 10.8. The van der Waals surface area contributed by atoms with Gasteiger partial charge in [0.2, 0.25) is 0 Å². The molecule has 0 atom stereocenters. The van der Waals surface area contributed by atoms with Crippen LogP contribution in [0.25, 0.3) is 21.7 Å². The summed E-state index contributed by atoms with van der Waals surface area (Å²) in [6, 6.07) is 3.86. The molecule has 0 saturated carbocycles. The van der Waals surface area contributed by atoms with Crippen LogP contribution in [0.15, 0.2) is 12.1 Å². The van der Waals surface area contributed by atoms with Crippen molar-refractivity contribution in [2.45, 2.75) is 13.3 Å². The Hall–Kier alpha value is -2.15. The van der Waals surface area contributed by atoms with Gasteiger partial charge in [0.05, 0.1) is 29.9 Å². The largest absolute Gasteiger partial charge is 0.489 e. The molecule has 20 heavy (non-hydrogen) atoms. The lowest BCUT2D eigenvalue weighted by Gasteiger charge is -2.05. The second kappa shape index (κ2) is 4.45. The summed E-state index contributed by atoms with van der Waals surface area (Å²) in [5.41, 5.74) is 2.66. The van der Waals surface area contributed by atoms with E-state index in [1.165, 1.54) is 11.5 Å². The van der Waals surface area contributed by atoms with Crippen LogP contribution in [0.2, 0.25) is 0 Å². The van der Waals surface area contributed by atoms with Gasteiger partial charge in [-0.05, 0) is 18.5 Å². The molecule has 3 heterocycles. The second-order valence-corrected chi connectivity index (χ2v) is 5.39. The molecule has 0 radical (unpaired) electrons. The Balaban J connectivity index is 1.86. The Morgan fingerprint density at radius 3 is 2.75 bits per heavy atom. The van der Waals surface area contributed by atoms with Crippen molar-refractivity contribution in [1.82, 2.24) is 19.6 Å².